The number of carbonyl (C=O) groups is 1. The van der Waals surface area contributed by atoms with Crippen molar-refractivity contribution in [1.29, 1.82) is 0 Å². The predicted octanol–water partition coefficient (Wildman–Crippen LogP) is 4.25. The molecule has 2 rings (SSSR count). The van der Waals surface area contributed by atoms with Gasteiger partial charge in [0.25, 0.3) is 0 Å². The molecule has 0 aromatic heterocycles. The number of esters is 1. The number of thioether (sulfide) groups is 1. The highest BCUT2D eigenvalue weighted by atomic mass is 32.2. The van der Waals surface area contributed by atoms with Crippen LogP contribution in [0.2, 0.25) is 0 Å². The Morgan fingerprint density at radius 3 is 2.70 bits per heavy atom. The van der Waals surface area contributed by atoms with E-state index >= 15 is 0 Å². The molecule has 0 heterocycles. The third kappa shape index (κ3) is 3.57. The molecule has 1 aromatic rings. The molecule has 4 atom stereocenters. The maximum atomic E-state index is 11.8. The minimum absolute atomic E-state index is 0.0197. The van der Waals surface area contributed by atoms with Gasteiger partial charge in [-0.25, -0.2) is 0 Å². The van der Waals surface area contributed by atoms with Crippen LogP contribution < -0.4 is 0 Å². The molecule has 3 heteroatoms. The van der Waals surface area contributed by atoms with Crippen LogP contribution in [-0.2, 0) is 9.53 Å². The number of hydrogen-bond donors (Lipinski definition) is 0. The molecular weight excluding hydrogens is 268 g/mol. The fourth-order valence-electron chi connectivity index (χ4n) is 3.28. The molecule has 20 heavy (non-hydrogen) atoms. The van der Waals surface area contributed by atoms with Crippen molar-refractivity contribution in [2.45, 2.75) is 31.6 Å². The molecule has 110 valence electrons. The Hall–Kier alpha value is -0.960. The van der Waals surface area contributed by atoms with E-state index in [-0.39, 0.29) is 11.9 Å². The smallest absolute Gasteiger partial charge is 0.308 e. The van der Waals surface area contributed by atoms with Crippen molar-refractivity contribution in [2.75, 3.05) is 12.9 Å². The first-order valence-corrected chi connectivity index (χ1v) is 8.37. The third-order valence-electron chi connectivity index (χ3n) is 4.64. The number of carbonyl (C=O) groups excluding carboxylic acids is 1. The fourth-order valence-corrected chi connectivity index (χ4v) is 4.59. The van der Waals surface area contributed by atoms with Crippen LogP contribution in [0.15, 0.2) is 35.2 Å². The molecule has 2 nitrogen and oxygen atoms in total. The van der Waals surface area contributed by atoms with Crippen molar-refractivity contribution in [3.05, 3.63) is 30.3 Å². The highest BCUT2D eigenvalue weighted by Crippen LogP contribution is 2.43. The first-order valence-electron chi connectivity index (χ1n) is 7.39. The summed E-state index contributed by atoms with van der Waals surface area (Å²) in [5.74, 6) is 2.83. The molecule has 1 aliphatic rings. The lowest BCUT2D eigenvalue weighted by atomic mass is 9.83. The molecule has 1 fully saturated rings. The zero-order valence-corrected chi connectivity index (χ0v) is 13.4. The Balaban J connectivity index is 1.98. The van der Waals surface area contributed by atoms with E-state index in [0.717, 1.165) is 12.2 Å². The van der Waals surface area contributed by atoms with Gasteiger partial charge >= 0.3 is 5.97 Å². The molecule has 3 unspecified atom stereocenters. The van der Waals surface area contributed by atoms with Crippen LogP contribution in [-0.4, -0.2) is 18.8 Å². The van der Waals surface area contributed by atoms with Gasteiger partial charge in [0, 0.05) is 10.6 Å². The summed E-state index contributed by atoms with van der Waals surface area (Å²) in [6, 6.07) is 10.5. The molecule has 1 saturated carbocycles. The summed E-state index contributed by atoms with van der Waals surface area (Å²) in [6.45, 7) is 4.34. The lowest BCUT2D eigenvalue weighted by Crippen LogP contribution is -2.28. The molecule has 0 N–H and O–H groups in total. The summed E-state index contributed by atoms with van der Waals surface area (Å²) >= 11 is 1.91. The predicted molar refractivity (Wildman–Crippen MR) is 83.7 cm³/mol. The zero-order valence-electron chi connectivity index (χ0n) is 12.5. The van der Waals surface area contributed by atoms with Gasteiger partial charge in [0.2, 0.25) is 0 Å². The first kappa shape index (κ1) is 15.4. The van der Waals surface area contributed by atoms with Gasteiger partial charge < -0.3 is 4.74 Å². The number of methoxy groups -OCH3 is 1. The van der Waals surface area contributed by atoms with Gasteiger partial charge in [0.15, 0.2) is 0 Å². The lowest BCUT2D eigenvalue weighted by Gasteiger charge is -2.26. The number of hydrogen-bond acceptors (Lipinski definition) is 3. The van der Waals surface area contributed by atoms with Gasteiger partial charge in [-0.2, -0.15) is 0 Å². The summed E-state index contributed by atoms with van der Waals surface area (Å²) in [5.41, 5.74) is 0. The minimum atomic E-state index is -0.0567. The average molecular weight is 292 g/mol. The normalized spacial score (nSPS) is 27.2. The highest BCUT2D eigenvalue weighted by Gasteiger charge is 2.39. The Morgan fingerprint density at radius 2 is 2.05 bits per heavy atom. The quantitative estimate of drug-likeness (QED) is 0.599. The second-order valence-electron chi connectivity index (χ2n) is 5.82. The van der Waals surface area contributed by atoms with Gasteiger partial charge in [0.05, 0.1) is 13.0 Å². The molecule has 0 saturated heterocycles. The van der Waals surface area contributed by atoms with Crippen LogP contribution in [0.1, 0.15) is 26.7 Å². The lowest BCUT2D eigenvalue weighted by molar-refractivity contribution is -0.147. The molecule has 0 spiro atoms. The van der Waals surface area contributed by atoms with Crippen LogP contribution in [0.4, 0.5) is 0 Å². The molecule has 1 aromatic carbocycles. The Labute approximate surface area is 126 Å². The van der Waals surface area contributed by atoms with Crippen molar-refractivity contribution in [3.8, 4) is 0 Å². The SMILES string of the molecule is COC(=O)C(C)C1CC[C@@H](C)C1CSc1ccccc1. The summed E-state index contributed by atoms with van der Waals surface area (Å²) < 4.78 is 4.93. The van der Waals surface area contributed by atoms with Crippen LogP contribution in [0.3, 0.4) is 0 Å². The Kier molecular flexibility index (Phi) is 5.53. The number of rotatable bonds is 5. The Bertz CT molecular complexity index is 432. The van der Waals surface area contributed by atoms with E-state index in [1.54, 1.807) is 0 Å². The van der Waals surface area contributed by atoms with Crippen LogP contribution in [0.25, 0.3) is 0 Å². The summed E-state index contributed by atoms with van der Waals surface area (Å²) in [6.07, 6.45) is 2.38. The zero-order chi connectivity index (χ0) is 14.5. The summed E-state index contributed by atoms with van der Waals surface area (Å²) in [5, 5.41) is 0. The molecule has 0 bridgehead atoms. The average Bonchev–Trinajstić information content (AvgIpc) is 2.85. The minimum Gasteiger partial charge on any atom is -0.469 e. The summed E-state index contributed by atoms with van der Waals surface area (Å²) in [7, 11) is 1.49. The molecule has 0 aliphatic heterocycles. The van der Waals surface area contributed by atoms with Crippen molar-refractivity contribution in [3.63, 3.8) is 0 Å². The summed E-state index contributed by atoms with van der Waals surface area (Å²) in [4.78, 5) is 13.1. The van der Waals surface area contributed by atoms with E-state index in [4.69, 9.17) is 4.74 Å². The van der Waals surface area contributed by atoms with E-state index in [1.807, 2.05) is 24.8 Å². The third-order valence-corrected chi connectivity index (χ3v) is 5.79. The first-order chi connectivity index (χ1) is 9.63. The second-order valence-corrected chi connectivity index (χ2v) is 6.91. The van der Waals surface area contributed by atoms with Crippen molar-refractivity contribution in [2.24, 2.45) is 23.7 Å². The van der Waals surface area contributed by atoms with Crippen LogP contribution in [0.5, 0.6) is 0 Å². The Morgan fingerprint density at radius 1 is 1.35 bits per heavy atom. The van der Waals surface area contributed by atoms with Gasteiger partial charge in [-0.15, -0.1) is 11.8 Å². The monoisotopic (exact) mass is 292 g/mol. The fraction of sp³-hybridized carbons (Fsp3) is 0.588. The van der Waals surface area contributed by atoms with Crippen molar-refractivity contribution >= 4 is 17.7 Å². The molecule has 0 radical (unpaired) electrons. The van der Waals surface area contributed by atoms with Crippen molar-refractivity contribution < 1.29 is 9.53 Å². The van der Waals surface area contributed by atoms with Gasteiger partial charge in [-0.3, -0.25) is 4.79 Å². The standard InChI is InChI=1S/C17H24O2S/c1-12-9-10-15(13(2)17(18)19-3)16(12)11-20-14-7-5-4-6-8-14/h4-8,12-13,15-16H,9-11H2,1-3H3/t12-,13?,15?,16?/m1/s1. The van der Waals surface area contributed by atoms with Crippen LogP contribution in [0, 0.1) is 23.7 Å². The van der Waals surface area contributed by atoms with E-state index < -0.39 is 0 Å². The topological polar surface area (TPSA) is 26.3 Å². The van der Waals surface area contributed by atoms with Crippen molar-refractivity contribution in [1.82, 2.24) is 0 Å². The highest BCUT2D eigenvalue weighted by molar-refractivity contribution is 7.99. The van der Waals surface area contributed by atoms with E-state index in [2.05, 4.69) is 31.2 Å². The number of ether oxygens (including phenoxy) is 1. The van der Waals surface area contributed by atoms with E-state index in [0.29, 0.717) is 17.8 Å². The second kappa shape index (κ2) is 7.16. The molecular formula is C17H24O2S. The van der Waals surface area contributed by atoms with Crippen LogP contribution >= 0.6 is 11.8 Å². The van der Waals surface area contributed by atoms with Gasteiger partial charge in [0.1, 0.15) is 0 Å². The van der Waals surface area contributed by atoms with E-state index in [1.165, 1.54) is 18.4 Å². The van der Waals surface area contributed by atoms with Gasteiger partial charge in [-0.1, -0.05) is 38.5 Å². The molecule has 0 amide bonds. The maximum Gasteiger partial charge on any atom is 0.308 e. The van der Waals surface area contributed by atoms with E-state index in [9.17, 15) is 4.79 Å². The van der Waals surface area contributed by atoms with Gasteiger partial charge in [-0.05, 0) is 36.3 Å². The largest absolute Gasteiger partial charge is 0.469 e. The maximum absolute atomic E-state index is 11.8. The molecule has 1 aliphatic carbocycles. The number of benzene rings is 1.